The standard InChI is InChI=1S/C17H22N2O3/c1-12(20)18-11-16-10-17(19-22-16)15-4-2-13(3-5-15)14-6-8-21-9-7-14/h2-5,14,16H,6-11H2,1H3,(H,18,20). The van der Waals surface area contributed by atoms with Gasteiger partial charge in [-0.25, -0.2) is 0 Å². The Balaban J connectivity index is 1.58. The van der Waals surface area contributed by atoms with E-state index in [1.165, 1.54) is 12.5 Å². The van der Waals surface area contributed by atoms with Crippen molar-refractivity contribution < 1.29 is 14.4 Å². The van der Waals surface area contributed by atoms with Gasteiger partial charge < -0.3 is 14.9 Å². The zero-order chi connectivity index (χ0) is 15.4. The molecule has 1 atom stereocenters. The van der Waals surface area contributed by atoms with Crippen LogP contribution in [0.3, 0.4) is 0 Å². The number of hydrogen-bond donors (Lipinski definition) is 1. The third-order valence-corrected chi connectivity index (χ3v) is 4.25. The monoisotopic (exact) mass is 302 g/mol. The van der Waals surface area contributed by atoms with E-state index in [4.69, 9.17) is 9.57 Å². The van der Waals surface area contributed by atoms with Crippen molar-refractivity contribution in [3.63, 3.8) is 0 Å². The lowest BCUT2D eigenvalue weighted by atomic mass is 9.90. The minimum Gasteiger partial charge on any atom is -0.390 e. The van der Waals surface area contributed by atoms with Crippen LogP contribution >= 0.6 is 0 Å². The van der Waals surface area contributed by atoms with Gasteiger partial charge in [0.15, 0.2) is 0 Å². The van der Waals surface area contributed by atoms with Crippen molar-refractivity contribution in [3.05, 3.63) is 35.4 Å². The van der Waals surface area contributed by atoms with Gasteiger partial charge >= 0.3 is 0 Å². The molecular formula is C17H22N2O3. The molecule has 1 saturated heterocycles. The number of oxime groups is 1. The summed E-state index contributed by atoms with van der Waals surface area (Å²) in [6, 6.07) is 8.62. The van der Waals surface area contributed by atoms with Gasteiger partial charge in [-0.3, -0.25) is 4.79 Å². The predicted octanol–water partition coefficient (Wildman–Crippen LogP) is 2.21. The number of amides is 1. The number of carbonyl (C=O) groups excluding carboxylic acids is 1. The summed E-state index contributed by atoms with van der Waals surface area (Å²) >= 11 is 0. The molecule has 3 rings (SSSR count). The first-order valence-corrected chi connectivity index (χ1v) is 7.87. The third kappa shape index (κ3) is 3.65. The summed E-state index contributed by atoms with van der Waals surface area (Å²) in [5.74, 6) is 0.565. The Hall–Kier alpha value is -1.88. The Bertz CT molecular complexity index is 548. The van der Waals surface area contributed by atoms with Gasteiger partial charge in [0.05, 0.1) is 12.3 Å². The van der Waals surface area contributed by atoms with E-state index in [-0.39, 0.29) is 12.0 Å². The average Bonchev–Trinajstić information content (AvgIpc) is 3.03. The minimum atomic E-state index is -0.0610. The molecule has 2 aliphatic heterocycles. The fourth-order valence-electron chi connectivity index (χ4n) is 2.94. The lowest BCUT2D eigenvalue weighted by Crippen LogP contribution is -2.30. The minimum absolute atomic E-state index is 0.0436. The van der Waals surface area contributed by atoms with Gasteiger partial charge in [-0.05, 0) is 29.9 Å². The summed E-state index contributed by atoms with van der Waals surface area (Å²) in [6.45, 7) is 3.73. The third-order valence-electron chi connectivity index (χ3n) is 4.25. The first-order chi connectivity index (χ1) is 10.7. The lowest BCUT2D eigenvalue weighted by Gasteiger charge is -2.22. The fourth-order valence-corrected chi connectivity index (χ4v) is 2.94. The van der Waals surface area contributed by atoms with Crippen molar-refractivity contribution in [3.8, 4) is 0 Å². The average molecular weight is 302 g/mol. The highest BCUT2D eigenvalue weighted by atomic mass is 16.6. The molecule has 0 radical (unpaired) electrons. The summed E-state index contributed by atoms with van der Waals surface area (Å²) in [5, 5.41) is 6.92. The van der Waals surface area contributed by atoms with E-state index in [9.17, 15) is 4.79 Å². The van der Waals surface area contributed by atoms with E-state index in [1.54, 1.807) is 0 Å². The molecule has 1 unspecified atom stereocenters. The SMILES string of the molecule is CC(=O)NCC1CC(c2ccc(C3CCOCC3)cc2)=NO1. The first-order valence-electron chi connectivity index (χ1n) is 7.87. The van der Waals surface area contributed by atoms with Crippen LogP contribution in [0.4, 0.5) is 0 Å². The number of hydrogen-bond acceptors (Lipinski definition) is 4. The van der Waals surface area contributed by atoms with Crippen molar-refractivity contribution in [1.29, 1.82) is 0 Å². The Labute approximate surface area is 130 Å². The largest absolute Gasteiger partial charge is 0.390 e. The van der Waals surface area contributed by atoms with E-state index >= 15 is 0 Å². The van der Waals surface area contributed by atoms with Crippen LogP contribution in [-0.2, 0) is 14.4 Å². The maximum absolute atomic E-state index is 10.9. The maximum atomic E-state index is 10.9. The smallest absolute Gasteiger partial charge is 0.217 e. The second-order valence-corrected chi connectivity index (χ2v) is 5.92. The van der Waals surface area contributed by atoms with E-state index in [0.29, 0.717) is 12.5 Å². The van der Waals surface area contributed by atoms with E-state index < -0.39 is 0 Å². The van der Waals surface area contributed by atoms with Crippen LogP contribution in [0.2, 0.25) is 0 Å². The molecule has 118 valence electrons. The molecule has 0 spiro atoms. The molecule has 5 nitrogen and oxygen atoms in total. The Kier molecular flexibility index (Phi) is 4.73. The number of carbonyl (C=O) groups is 1. The van der Waals surface area contributed by atoms with Crippen LogP contribution in [-0.4, -0.2) is 37.5 Å². The summed E-state index contributed by atoms with van der Waals surface area (Å²) in [4.78, 5) is 16.3. The molecule has 1 fully saturated rings. The quantitative estimate of drug-likeness (QED) is 0.927. The van der Waals surface area contributed by atoms with Gasteiger partial charge in [-0.1, -0.05) is 29.4 Å². The normalized spacial score (nSPS) is 22.0. The molecule has 0 bridgehead atoms. The number of rotatable bonds is 4. The van der Waals surface area contributed by atoms with Gasteiger partial charge in [-0.15, -0.1) is 0 Å². The summed E-state index contributed by atoms with van der Waals surface area (Å²) in [5.41, 5.74) is 3.43. The second-order valence-electron chi connectivity index (χ2n) is 5.92. The zero-order valence-electron chi connectivity index (χ0n) is 12.9. The van der Waals surface area contributed by atoms with E-state index in [1.807, 2.05) is 0 Å². The van der Waals surface area contributed by atoms with Crippen molar-refractivity contribution in [2.75, 3.05) is 19.8 Å². The molecule has 5 heteroatoms. The molecule has 1 amide bonds. The molecule has 2 heterocycles. The highest BCUT2D eigenvalue weighted by Crippen LogP contribution is 2.27. The summed E-state index contributed by atoms with van der Waals surface area (Å²) in [7, 11) is 0. The Morgan fingerprint density at radius 1 is 1.27 bits per heavy atom. The van der Waals surface area contributed by atoms with Gasteiger partial charge in [0.1, 0.15) is 6.10 Å². The van der Waals surface area contributed by atoms with Crippen LogP contribution in [0.25, 0.3) is 0 Å². The van der Waals surface area contributed by atoms with Gasteiger partial charge in [0, 0.05) is 26.6 Å². The van der Waals surface area contributed by atoms with Crippen molar-refractivity contribution in [1.82, 2.24) is 5.32 Å². The van der Waals surface area contributed by atoms with Crippen LogP contribution in [0.15, 0.2) is 29.4 Å². The first kappa shape index (κ1) is 15.0. The summed E-state index contributed by atoms with van der Waals surface area (Å²) in [6.07, 6.45) is 2.87. The molecule has 0 saturated carbocycles. The molecule has 1 aromatic rings. The van der Waals surface area contributed by atoms with Crippen LogP contribution in [0, 0.1) is 0 Å². The van der Waals surface area contributed by atoms with Crippen molar-refractivity contribution in [2.24, 2.45) is 5.16 Å². The topological polar surface area (TPSA) is 59.9 Å². The number of ether oxygens (including phenoxy) is 1. The zero-order valence-corrected chi connectivity index (χ0v) is 12.9. The van der Waals surface area contributed by atoms with Gasteiger partial charge in [0.2, 0.25) is 5.91 Å². The summed E-state index contributed by atoms with van der Waals surface area (Å²) < 4.78 is 5.41. The van der Waals surface area contributed by atoms with Crippen molar-refractivity contribution >= 4 is 11.6 Å². The highest BCUT2D eigenvalue weighted by Gasteiger charge is 2.23. The van der Waals surface area contributed by atoms with Crippen LogP contribution in [0.1, 0.15) is 43.2 Å². The van der Waals surface area contributed by atoms with E-state index in [2.05, 4.69) is 34.7 Å². The predicted molar refractivity (Wildman–Crippen MR) is 83.9 cm³/mol. The van der Waals surface area contributed by atoms with Gasteiger partial charge in [-0.2, -0.15) is 0 Å². The molecule has 22 heavy (non-hydrogen) atoms. The second kappa shape index (κ2) is 6.92. The van der Waals surface area contributed by atoms with Crippen LogP contribution < -0.4 is 5.32 Å². The molecule has 0 aliphatic carbocycles. The molecule has 0 aromatic heterocycles. The highest BCUT2D eigenvalue weighted by molar-refractivity contribution is 6.01. The number of nitrogens with zero attached hydrogens (tertiary/aromatic N) is 1. The molecule has 2 aliphatic rings. The molecular weight excluding hydrogens is 280 g/mol. The fraction of sp³-hybridized carbons (Fsp3) is 0.529. The van der Waals surface area contributed by atoms with Crippen molar-refractivity contribution in [2.45, 2.75) is 38.2 Å². The molecule has 1 N–H and O–H groups in total. The van der Waals surface area contributed by atoms with Gasteiger partial charge in [0.25, 0.3) is 0 Å². The Morgan fingerprint density at radius 2 is 2.00 bits per heavy atom. The lowest BCUT2D eigenvalue weighted by molar-refractivity contribution is -0.119. The number of benzene rings is 1. The number of nitrogens with one attached hydrogen (secondary N) is 1. The molecule has 1 aromatic carbocycles. The van der Waals surface area contributed by atoms with Crippen LogP contribution in [0.5, 0.6) is 0 Å². The maximum Gasteiger partial charge on any atom is 0.217 e. The van der Waals surface area contributed by atoms with E-state index in [0.717, 1.165) is 43.8 Å². The Morgan fingerprint density at radius 3 is 2.68 bits per heavy atom.